The number of aromatic nitrogens is 1. The Morgan fingerprint density at radius 1 is 1.20 bits per heavy atom. The highest BCUT2D eigenvalue weighted by atomic mass is 35.5. The zero-order valence-corrected chi connectivity index (χ0v) is 15.8. The lowest BCUT2D eigenvalue weighted by Gasteiger charge is -2.21. The Kier molecular flexibility index (Phi) is 5.98. The summed E-state index contributed by atoms with van der Waals surface area (Å²) in [5.41, 5.74) is 1.78. The standard InChI is InChI=1S/C20H22Cl2N2O/c1-13-5-4-8-19(23-13)24-20(25)16(11-14-6-2-3-7-14)15-9-10-17(21)18(22)12-15/h4-5,8-10,12,14,16H,2-3,6-7,11H2,1H3,(H,23,24,25). The van der Waals surface area contributed by atoms with E-state index in [2.05, 4.69) is 10.3 Å². The summed E-state index contributed by atoms with van der Waals surface area (Å²) in [5, 5.41) is 3.95. The second-order valence-electron chi connectivity index (χ2n) is 6.77. The summed E-state index contributed by atoms with van der Waals surface area (Å²) in [7, 11) is 0. The van der Waals surface area contributed by atoms with Crippen LogP contribution in [0.25, 0.3) is 0 Å². The Bertz CT molecular complexity index is 757. The average Bonchev–Trinajstić information content (AvgIpc) is 3.08. The van der Waals surface area contributed by atoms with E-state index in [1.807, 2.05) is 37.3 Å². The topological polar surface area (TPSA) is 42.0 Å². The number of carbonyl (C=O) groups is 1. The zero-order valence-electron chi connectivity index (χ0n) is 14.3. The van der Waals surface area contributed by atoms with Crippen LogP contribution < -0.4 is 5.32 Å². The third-order valence-corrected chi connectivity index (χ3v) is 5.58. The van der Waals surface area contributed by atoms with Gasteiger partial charge in [0.05, 0.1) is 16.0 Å². The van der Waals surface area contributed by atoms with Gasteiger partial charge in [0.25, 0.3) is 0 Å². The van der Waals surface area contributed by atoms with Gasteiger partial charge in [0.2, 0.25) is 5.91 Å². The van der Waals surface area contributed by atoms with Crippen molar-refractivity contribution in [2.75, 3.05) is 5.32 Å². The molecule has 1 unspecified atom stereocenters. The van der Waals surface area contributed by atoms with Crippen molar-refractivity contribution < 1.29 is 4.79 Å². The average molecular weight is 377 g/mol. The summed E-state index contributed by atoms with van der Waals surface area (Å²) in [6.07, 6.45) is 5.71. The Morgan fingerprint density at radius 3 is 2.64 bits per heavy atom. The first-order chi connectivity index (χ1) is 12.0. The molecule has 0 spiro atoms. The van der Waals surface area contributed by atoms with Crippen molar-refractivity contribution >= 4 is 34.9 Å². The highest BCUT2D eigenvalue weighted by Gasteiger charge is 2.27. The number of anilines is 1. The van der Waals surface area contributed by atoms with E-state index >= 15 is 0 Å². The molecule has 0 radical (unpaired) electrons. The summed E-state index contributed by atoms with van der Waals surface area (Å²) in [6, 6.07) is 11.1. The number of pyridine rings is 1. The Morgan fingerprint density at radius 2 is 1.96 bits per heavy atom. The predicted molar refractivity (Wildman–Crippen MR) is 103 cm³/mol. The first kappa shape index (κ1) is 18.2. The normalized spacial score (nSPS) is 16.0. The van der Waals surface area contributed by atoms with E-state index in [4.69, 9.17) is 23.2 Å². The molecular formula is C20H22Cl2N2O. The van der Waals surface area contributed by atoms with Crippen molar-refractivity contribution in [3.63, 3.8) is 0 Å². The number of halogens is 2. The van der Waals surface area contributed by atoms with E-state index in [1.54, 1.807) is 6.07 Å². The van der Waals surface area contributed by atoms with Crippen LogP contribution in [0.1, 0.15) is 49.3 Å². The van der Waals surface area contributed by atoms with Gasteiger partial charge in [-0.1, -0.05) is 61.0 Å². The van der Waals surface area contributed by atoms with E-state index in [0.29, 0.717) is 21.8 Å². The lowest BCUT2D eigenvalue weighted by Crippen LogP contribution is -2.23. The number of nitrogens with one attached hydrogen (secondary N) is 1. The molecule has 25 heavy (non-hydrogen) atoms. The lowest BCUT2D eigenvalue weighted by molar-refractivity contribution is -0.118. The molecule has 1 heterocycles. The first-order valence-electron chi connectivity index (χ1n) is 8.72. The largest absolute Gasteiger partial charge is 0.310 e. The lowest BCUT2D eigenvalue weighted by atomic mass is 9.87. The van der Waals surface area contributed by atoms with Gasteiger partial charge >= 0.3 is 0 Å². The minimum absolute atomic E-state index is 0.0385. The number of nitrogens with zero attached hydrogens (tertiary/aromatic N) is 1. The molecule has 5 heteroatoms. The van der Waals surface area contributed by atoms with Crippen LogP contribution in [0, 0.1) is 12.8 Å². The van der Waals surface area contributed by atoms with E-state index in [9.17, 15) is 4.79 Å². The van der Waals surface area contributed by atoms with Crippen LogP contribution in [0.3, 0.4) is 0 Å². The quantitative estimate of drug-likeness (QED) is 0.694. The van der Waals surface area contributed by atoms with Crippen molar-refractivity contribution in [1.82, 2.24) is 4.98 Å². The van der Waals surface area contributed by atoms with E-state index in [0.717, 1.165) is 17.7 Å². The highest BCUT2D eigenvalue weighted by molar-refractivity contribution is 6.42. The van der Waals surface area contributed by atoms with Gasteiger partial charge in [-0.25, -0.2) is 4.98 Å². The van der Waals surface area contributed by atoms with Crippen molar-refractivity contribution in [1.29, 1.82) is 0 Å². The SMILES string of the molecule is Cc1cccc(NC(=O)C(CC2CCCC2)c2ccc(Cl)c(Cl)c2)n1. The Labute approximate surface area is 158 Å². The Hall–Kier alpha value is -1.58. The second kappa shape index (κ2) is 8.20. The molecule has 1 aromatic carbocycles. The van der Waals surface area contributed by atoms with Crippen molar-refractivity contribution in [2.24, 2.45) is 5.92 Å². The van der Waals surface area contributed by atoms with Crippen LogP contribution >= 0.6 is 23.2 Å². The van der Waals surface area contributed by atoms with Crippen molar-refractivity contribution in [3.8, 4) is 0 Å². The molecule has 1 N–H and O–H groups in total. The first-order valence-corrected chi connectivity index (χ1v) is 9.48. The molecule has 1 aliphatic rings. The van der Waals surface area contributed by atoms with E-state index in [-0.39, 0.29) is 11.8 Å². The fourth-order valence-corrected chi connectivity index (χ4v) is 3.84. The van der Waals surface area contributed by atoms with Gasteiger partial charge < -0.3 is 5.32 Å². The number of rotatable bonds is 5. The molecule has 1 aromatic heterocycles. The second-order valence-corrected chi connectivity index (χ2v) is 7.58. The molecule has 1 fully saturated rings. The van der Waals surface area contributed by atoms with Crippen LogP contribution in [-0.2, 0) is 4.79 Å². The number of benzene rings is 1. The van der Waals surface area contributed by atoms with E-state index < -0.39 is 0 Å². The molecule has 0 bridgehead atoms. The van der Waals surface area contributed by atoms with Gasteiger partial charge in [0.1, 0.15) is 5.82 Å². The molecule has 2 aromatic rings. The number of aryl methyl sites for hydroxylation is 1. The van der Waals surface area contributed by atoms with Crippen LogP contribution in [0.4, 0.5) is 5.82 Å². The minimum Gasteiger partial charge on any atom is -0.310 e. The van der Waals surface area contributed by atoms with Crippen molar-refractivity contribution in [2.45, 2.75) is 44.9 Å². The van der Waals surface area contributed by atoms with E-state index in [1.165, 1.54) is 25.7 Å². The van der Waals surface area contributed by atoms with Gasteiger partial charge in [0, 0.05) is 5.69 Å². The maximum Gasteiger partial charge on any atom is 0.233 e. The fraction of sp³-hybridized carbons (Fsp3) is 0.400. The van der Waals surface area contributed by atoms with Crippen LogP contribution in [0.15, 0.2) is 36.4 Å². The van der Waals surface area contributed by atoms with Gasteiger partial charge in [-0.2, -0.15) is 0 Å². The number of hydrogen-bond acceptors (Lipinski definition) is 2. The molecule has 3 rings (SSSR count). The molecule has 1 atom stereocenters. The van der Waals surface area contributed by atoms with Crippen molar-refractivity contribution in [3.05, 3.63) is 57.7 Å². The zero-order chi connectivity index (χ0) is 17.8. The molecule has 0 aliphatic heterocycles. The molecule has 1 aliphatic carbocycles. The summed E-state index contributed by atoms with van der Waals surface area (Å²) in [5.74, 6) is 0.876. The Balaban J connectivity index is 1.83. The van der Waals surface area contributed by atoms with Gasteiger partial charge in [0.15, 0.2) is 0 Å². The summed E-state index contributed by atoms with van der Waals surface area (Å²) in [4.78, 5) is 17.4. The molecule has 0 saturated heterocycles. The minimum atomic E-state index is -0.250. The van der Waals surface area contributed by atoms with Gasteiger partial charge in [-0.3, -0.25) is 4.79 Å². The fourth-order valence-electron chi connectivity index (χ4n) is 3.53. The molecule has 1 amide bonds. The summed E-state index contributed by atoms with van der Waals surface area (Å²) >= 11 is 12.2. The monoisotopic (exact) mass is 376 g/mol. The number of carbonyl (C=O) groups excluding carboxylic acids is 1. The molecule has 1 saturated carbocycles. The summed E-state index contributed by atoms with van der Waals surface area (Å²) in [6.45, 7) is 1.91. The van der Waals surface area contributed by atoms with Gasteiger partial charge in [-0.15, -0.1) is 0 Å². The smallest absolute Gasteiger partial charge is 0.233 e. The molecular weight excluding hydrogens is 355 g/mol. The maximum atomic E-state index is 13.0. The van der Waals surface area contributed by atoms with Crippen LogP contribution in [0.2, 0.25) is 10.0 Å². The third kappa shape index (κ3) is 4.74. The number of hydrogen-bond donors (Lipinski definition) is 1. The number of amides is 1. The molecule has 3 nitrogen and oxygen atoms in total. The highest BCUT2D eigenvalue weighted by Crippen LogP contribution is 2.36. The summed E-state index contributed by atoms with van der Waals surface area (Å²) < 4.78 is 0. The predicted octanol–water partition coefficient (Wildman–Crippen LogP) is 6.00. The third-order valence-electron chi connectivity index (χ3n) is 4.85. The molecule has 132 valence electrons. The van der Waals surface area contributed by atoms with Crippen LogP contribution in [0.5, 0.6) is 0 Å². The van der Waals surface area contributed by atoms with Gasteiger partial charge in [-0.05, 0) is 49.1 Å². The maximum absolute atomic E-state index is 13.0. The van der Waals surface area contributed by atoms with Crippen LogP contribution in [-0.4, -0.2) is 10.9 Å².